The fourth-order valence-electron chi connectivity index (χ4n) is 2.68. The Kier molecular flexibility index (Phi) is 4.91. The smallest absolute Gasteiger partial charge is 0.223 e. The van der Waals surface area contributed by atoms with Crippen molar-refractivity contribution in [3.63, 3.8) is 0 Å². The molecule has 4 heteroatoms. The molecular weight excluding hydrogens is 293 g/mol. The third-order valence-corrected chi connectivity index (χ3v) is 4.06. The van der Waals surface area contributed by atoms with Crippen molar-refractivity contribution in [2.45, 2.75) is 18.8 Å². The first-order valence-electron chi connectivity index (χ1n) is 7.95. The standard InChI is InChI=1S/C19H20FNO2/c20-15-9-7-14(8-10-15)17-13-18(17)19(22)21-11-4-12-23-16-5-2-1-3-6-16/h1-3,5-10,17-18H,4,11-13H2,(H,21,22). The van der Waals surface area contributed by atoms with E-state index in [9.17, 15) is 9.18 Å². The molecular formula is C19H20FNO2. The molecule has 0 heterocycles. The summed E-state index contributed by atoms with van der Waals surface area (Å²) in [5.41, 5.74) is 1.04. The predicted molar refractivity (Wildman–Crippen MR) is 86.8 cm³/mol. The highest BCUT2D eigenvalue weighted by Gasteiger charge is 2.43. The lowest BCUT2D eigenvalue weighted by Gasteiger charge is -2.07. The van der Waals surface area contributed by atoms with E-state index in [0.717, 1.165) is 24.2 Å². The minimum Gasteiger partial charge on any atom is -0.494 e. The predicted octanol–water partition coefficient (Wildman–Crippen LogP) is 3.51. The third-order valence-electron chi connectivity index (χ3n) is 4.06. The van der Waals surface area contributed by atoms with E-state index in [-0.39, 0.29) is 23.6 Å². The Balaban J connectivity index is 1.34. The van der Waals surface area contributed by atoms with E-state index in [4.69, 9.17) is 4.74 Å². The summed E-state index contributed by atoms with van der Waals surface area (Å²) >= 11 is 0. The molecule has 2 unspecified atom stereocenters. The summed E-state index contributed by atoms with van der Waals surface area (Å²) in [5.74, 6) is 0.942. The van der Waals surface area contributed by atoms with E-state index in [1.165, 1.54) is 12.1 Å². The largest absolute Gasteiger partial charge is 0.494 e. The fraction of sp³-hybridized carbons (Fsp3) is 0.316. The van der Waals surface area contributed by atoms with Gasteiger partial charge in [-0.2, -0.15) is 0 Å². The van der Waals surface area contributed by atoms with E-state index in [1.807, 2.05) is 30.3 Å². The second kappa shape index (κ2) is 7.27. The number of benzene rings is 2. The first-order valence-corrected chi connectivity index (χ1v) is 7.95. The molecule has 0 saturated heterocycles. The van der Waals surface area contributed by atoms with Crippen LogP contribution in [0.2, 0.25) is 0 Å². The number of amides is 1. The zero-order valence-electron chi connectivity index (χ0n) is 12.9. The number of rotatable bonds is 7. The zero-order valence-corrected chi connectivity index (χ0v) is 12.9. The van der Waals surface area contributed by atoms with Crippen LogP contribution in [0.3, 0.4) is 0 Å². The molecule has 0 aliphatic heterocycles. The lowest BCUT2D eigenvalue weighted by Crippen LogP contribution is -2.27. The van der Waals surface area contributed by atoms with Crippen LogP contribution >= 0.6 is 0 Å². The molecule has 2 atom stereocenters. The van der Waals surface area contributed by atoms with Crippen LogP contribution in [-0.2, 0) is 4.79 Å². The number of carbonyl (C=O) groups excluding carboxylic acids is 1. The van der Waals surface area contributed by atoms with Crippen molar-refractivity contribution in [2.75, 3.05) is 13.2 Å². The molecule has 1 saturated carbocycles. The highest BCUT2D eigenvalue weighted by atomic mass is 19.1. The van der Waals surface area contributed by atoms with Crippen molar-refractivity contribution in [1.82, 2.24) is 5.32 Å². The second-order valence-corrected chi connectivity index (χ2v) is 5.81. The Labute approximate surface area is 135 Å². The topological polar surface area (TPSA) is 38.3 Å². The zero-order chi connectivity index (χ0) is 16.1. The van der Waals surface area contributed by atoms with E-state index < -0.39 is 0 Å². The Bertz CT molecular complexity index is 642. The van der Waals surface area contributed by atoms with Gasteiger partial charge in [-0.05, 0) is 48.6 Å². The molecule has 1 aliphatic carbocycles. The summed E-state index contributed by atoms with van der Waals surface area (Å²) in [7, 11) is 0. The van der Waals surface area contributed by atoms with Crippen LogP contribution in [-0.4, -0.2) is 19.1 Å². The molecule has 3 rings (SSSR count). The van der Waals surface area contributed by atoms with Gasteiger partial charge in [0.05, 0.1) is 6.61 Å². The number of hydrogen-bond donors (Lipinski definition) is 1. The van der Waals surface area contributed by atoms with Crippen LogP contribution in [0, 0.1) is 11.7 Å². The quantitative estimate of drug-likeness (QED) is 0.794. The van der Waals surface area contributed by atoms with Crippen LogP contribution < -0.4 is 10.1 Å². The molecule has 2 aromatic rings. The monoisotopic (exact) mass is 313 g/mol. The number of ether oxygens (including phenoxy) is 1. The van der Waals surface area contributed by atoms with Gasteiger partial charge in [-0.15, -0.1) is 0 Å². The highest BCUT2D eigenvalue weighted by Crippen LogP contribution is 2.47. The summed E-state index contributed by atoms with van der Waals surface area (Å²) in [6.45, 7) is 1.19. The molecule has 1 amide bonds. The lowest BCUT2D eigenvalue weighted by atomic mass is 10.1. The van der Waals surface area contributed by atoms with Gasteiger partial charge in [0.15, 0.2) is 0 Å². The SMILES string of the molecule is O=C(NCCCOc1ccccc1)C1CC1c1ccc(F)cc1. The Morgan fingerprint density at radius 3 is 2.61 bits per heavy atom. The second-order valence-electron chi connectivity index (χ2n) is 5.81. The minimum atomic E-state index is -0.242. The highest BCUT2D eigenvalue weighted by molar-refractivity contribution is 5.82. The average molecular weight is 313 g/mol. The van der Waals surface area contributed by atoms with Gasteiger partial charge in [-0.1, -0.05) is 30.3 Å². The van der Waals surface area contributed by atoms with Crippen LogP contribution in [0.15, 0.2) is 54.6 Å². The molecule has 1 fully saturated rings. The van der Waals surface area contributed by atoms with Gasteiger partial charge < -0.3 is 10.1 Å². The van der Waals surface area contributed by atoms with Gasteiger partial charge in [-0.25, -0.2) is 4.39 Å². The Morgan fingerprint density at radius 1 is 1.13 bits per heavy atom. The molecule has 0 aromatic heterocycles. The molecule has 23 heavy (non-hydrogen) atoms. The van der Waals surface area contributed by atoms with Crippen molar-refractivity contribution in [2.24, 2.45) is 5.92 Å². The molecule has 1 N–H and O–H groups in total. The van der Waals surface area contributed by atoms with Crippen molar-refractivity contribution in [3.8, 4) is 5.75 Å². The van der Waals surface area contributed by atoms with Crippen molar-refractivity contribution in [3.05, 3.63) is 66.0 Å². The minimum absolute atomic E-state index is 0.0236. The van der Waals surface area contributed by atoms with E-state index in [1.54, 1.807) is 12.1 Å². The number of nitrogens with one attached hydrogen (secondary N) is 1. The molecule has 2 aromatic carbocycles. The maximum absolute atomic E-state index is 12.9. The van der Waals surface area contributed by atoms with E-state index in [2.05, 4.69) is 5.32 Å². The van der Waals surface area contributed by atoms with Gasteiger partial charge in [0, 0.05) is 12.5 Å². The summed E-state index contributed by atoms with van der Waals surface area (Å²) in [6.07, 6.45) is 1.62. The molecule has 0 bridgehead atoms. The summed E-state index contributed by atoms with van der Waals surface area (Å²) in [4.78, 5) is 12.1. The third kappa shape index (κ3) is 4.31. The van der Waals surface area contributed by atoms with Crippen molar-refractivity contribution < 1.29 is 13.9 Å². The average Bonchev–Trinajstić information content (AvgIpc) is 3.37. The normalized spacial score (nSPS) is 19.2. The molecule has 0 spiro atoms. The van der Waals surface area contributed by atoms with Crippen LogP contribution in [0.1, 0.15) is 24.3 Å². The Morgan fingerprint density at radius 2 is 1.87 bits per heavy atom. The number of para-hydroxylation sites is 1. The van der Waals surface area contributed by atoms with Gasteiger partial charge in [0.1, 0.15) is 11.6 Å². The molecule has 0 radical (unpaired) electrons. The number of carbonyl (C=O) groups is 1. The maximum Gasteiger partial charge on any atom is 0.223 e. The first-order chi connectivity index (χ1) is 11.2. The van der Waals surface area contributed by atoms with Crippen LogP contribution in [0.4, 0.5) is 4.39 Å². The van der Waals surface area contributed by atoms with E-state index >= 15 is 0 Å². The fourth-order valence-corrected chi connectivity index (χ4v) is 2.68. The van der Waals surface area contributed by atoms with Crippen molar-refractivity contribution >= 4 is 5.91 Å². The summed E-state index contributed by atoms with van der Waals surface area (Å²) in [6, 6.07) is 16.1. The number of hydrogen-bond acceptors (Lipinski definition) is 2. The van der Waals surface area contributed by atoms with Gasteiger partial charge in [0.25, 0.3) is 0 Å². The molecule has 1 aliphatic rings. The van der Waals surface area contributed by atoms with E-state index in [0.29, 0.717) is 13.2 Å². The Hall–Kier alpha value is -2.36. The molecule has 3 nitrogen and oxygen atoms in total. The van der Waals surface area contributed by atoms with Crippen LogP contribution in [0.25, 0.3) is 0 Å². The van der Waals surface area contributed by atoms with Gasteiger partial charge >= 0.3 is 0 Å². The van der Waals surface area contributed by atoms with Gasteiger partial charge in [-0.3, -0.25) is 4.79 Å². The maximum atomic E-state index is 12.9. The summed E-state index contributed by atoms with van der Waals surface area (Å²) in [5, 5.41) is 2.95. The summed E-state index contributed by atoms with van der Waals surface area (Å²) < 4.78 is 18.5. The van der Waals surface area contributed by atoms with Crippen LogP contribution in [0.5, 0.6) is 5.75 Å². The molecule has 120 valence electrons. The number of halogens is 1. The first kappa shape index (κ1) is 15.5. The van der Waals surface area contributed by atoms with Crippen molar-refractivity contribution in [1.29, 1.82) is 0 Å². The van der Waals surface area contributed by atoms with Gasteiger partial charge in [0.2, 0.25) is 5.91 Å². The lowest BCUT2D eigenvalue weighted by molar-refractivity contribution is -0.122.